The number of nitrogens with two attached hydrogens (primary N) is 1. The number of amides is 1. The highest BCUT2D eigenvalue weighted by Crippen LogP contribution is 2.43. The number of ether oxygens (including phenoxy) is 2. The maximum absolute atomic E-state index is 15.4. The number of aliphatic imine (C=N–C) groups is 1. The summed E-state index contributed by atoms with van der Waals surface area (Å²) in [5, 5.41) is 1.68. The number of benzene rings is 1. The van der Waals surface area contributed by atoms with Crippen molar-refractivity contribution in [2.75, 3.05) is 37.9 Å². The van der Waals surface area contributed by atoms with Crippen molar-refractivity contribution in [1.29, 1.82) is 0 Å². The second-order valence-electron chi connectivity index (χ2n) is 10.1. The van der Waals surface area contributed by atoms with Gasteiger partial charge in [-0.05, 0) is 45.9 Å². The van der Waals surface area contributed by atoms with Gasteiger partial charge in [-0.2, -0.15) is 9.37 Å². The standard InChI is InChI=1S/C23H29F2N7O5S/c1-12-17(25)18(36-6)28-19(27-12)32-10-16-23(11-32,14-9-13(26)7-8-15(14)24)30-20(31(5)38(16,34)35)29-21(33)37-22(2,3)4/h7-9,16H,10-11,26H2,1-6H3,(H,29,30,33). The molecule has 2 fully saturated rings. The van der Waals surface area contributed by atoms with Crippen molar-refractivity contribution in [3.05, 3.63) is 41.1 Å². The number of methoxy groups -OCH3 is 1. The second-order valence-corrected chi connectivity index (χ2v) is 12.2. The van der Waals surface area contributed by atoms with Gasteiger partial charge in [0.25, 0.3) is 5.88 Å². The van der Waals surface area contributed by atoms with Crippen LogP contribution in [0.4, 0.5) is 25.2 Å². The van der Waals surface area contributed by atoms with Crippen molar-refractivity contribution in [2.45, 2.75) is 44.1 Å². The van der Waals surface area contributed by atoms with Gasteiger partial charge in [0.05, 0.1) is 12.8 Å². The Morgan fingerprint density at radius 1 is 1.29 bits per heavy atom. The van der Waals surface area contributed by atoms with Gasteiger partial charge in [0, 0.05) is 31.4 Å². The molecule has 3 heterocycles. The normalized spacial score (nSPS) is 23.7. The van der Waals surface area contributed by atoms with Crippen LogP contribution in [0, 0.1) is 18.6 Å². The first kappa shape index (κ1) is 27.3. The maximum atomic E-state index is 15.4. The smallest absolute Gasteiger partial charge is 0.437 e. The zero-order valence-corrected chi connectivity index (χ0v) is 22.6. The summed E-state index contributed by atoms with van der Waals surface area (Å²) < 4.78 is 68.4. The molecule has 2 aliphatic rings. The van der Waals surface area contributed by atoms with Crippen LogP contribution in [-0.2, 0) is 20.3 Å². The molecule has 4 rings (SSSR count). The summed E-state index contributed by atoms with van der Waals surface area (Å²) in [7, 11) is -1.81. The van der Waals surface area contributed by atoms with Gasteiger partial charge < -0.3 is 25.4 Å². The third kappa shape index (κ3) is 4.66. The quantitative estimate of drug-likeness (QED) is 0.539. The van der Waals surface area contributed by atoms with Crippen molar-refractivity contribution < 1.29 is 31.5 Å². The van der Waals surface area contributed by atoms with Gasteiger partial charge in [0.2, 0.25) is 27.7 Å². The molecule has 0 spiro atoms. The molecule has 2 saturated heterocycles. The predicted molar refractivity (Wildman–Crippen MR) is 135 cm³/mol. The molecule has 206 valence electrons. The largest absolute Gasteiger partial charge is 0.479 e. The minimum atomic E-state index is -4.27. The molecule has 1 amide bonds. The third-order valence-electron chi connectivity index (χ3n) is 6.26. The van der Waals surface area contributed by atoms with E-state index in [1.807, 2.05) is 0 Å². The van der Waals surface area contributed by atoms with Gasteiger partial charge >= 0.3 is 6.09 Å². The fourth-order valence-electron chi connectivity index (χ4n) is 4.51. The van der Waals surface area contributed by atoms with Crippen LogP contribution in [-0.4, -0.2) is 72.8 Å². The Morgan fingerprint density at radius 3 is 2.61 bits per heavy atom. The Kier molecular flexibility index (Phi) is 6.62. The molecule has 3 N–H and O–H groups in total. The number of carbonyl (C=O) groups is 1. The van der Waals surface area contributed by atoms with Crippen LogP contribution < -0.4 is 20.7 Å². The fraction of sp³-hybridized carbons (Fsp3) is 0.478. The first-order chi connectivity index (χ1) is 17.6. The lowest BCUT2D eigenvalue weighted by Gasteiger charge is -2.44. The van der Waals surface area contributed by atoms with Crippen LogP contribution in [0.25, 0.3) is 0 Å². The van der Waals surface area contributed by atoms with Gasteiger partial charge in [-0.25, -0.2) is 26.9 Å². The van der Waals surface area contributed by atoms with Gasteiger partial charge in [0.15, 0.2) is 0 Å². The number of nitrogen functional groups attached to an aromatic ring is 1. The molecule has 2 aromatic rings. The molecule has 0 radical (unpaired) electrons. The van der Waals surface area contributed by atoms with E-state index >= 15 is 4.39 Å². The second kappa shape index (κ2) is 9.22. The Labute approximate surface area is 218 Å². The molecule has 0 aliphatic carbocycles. The first-order valence-corrected chi connectivity index (χ1v) is 13.1. The number of rotatable bonds is 3. The average molecular weight is 554 g/mol. The topological polar surface area (TPSA) is 152 Å². The van der Waals surface area contributed by atoms with E-state index in [0.29, 0.717) is 0 Å². The lowest BCUT2D eigenvalue weighted by molar-refractivity contribution is 0.0601. The minimum Gasteiger partial charge on any atom is -0.479 e. The van der Waals surface area contributed by atoms with E-state index in [1.54, 1.807) is 20.8 Å². The van der Waals surface area contributed by atoms with Crippen molar-refractivity contribution in [2.24, 2.45) is 4.99 Å². The highest BCUT2D eigenvalue weighted by Gasteiger charge is 2.61. The summed E-state index contributed by atoms with van der Waals surface area (Å²) in [6.07, 6.45) is -1.04. The summed E-state index contributed by atoms with van der Waals surface area (Å²) in [4.78, 5) is 26.1. The number of aryl methyl sites for hydroxylation is 1. The van der Waals surface area contributed by atoms with Gasteiger partial charge in [0.1, 0.15) is 22.2 Å². The Bertz CT molecular complexity index is 1430. The number of aromatic nitrogens is 2. The fourth-order valence-corrected chi connectivity index (χ4v) is 6.36. The average Bonchev–Trinajstić information content (AvgIpc) is 3.21. The summed E-state index contributed by atoms with van der Waals surface area (Å²) in [5.41, 5.74) is 3.47. The van der Waals surface area contributed by atoms with E-state index < -0.39 is 44.1 Å². The minimum absolute atomic E-state index is 0.0222. The molecule has 0 saturated carbocycles. The van der Waals surface area contributed by atoms with E-state index in [9.17, 15) is 17.6 Å². The molecular formula is C23H29F2N7O5S. The Morgan fingerprint density at radius 2 is 1.97 bits per heavy atom. The highest BCUT2D eigenvalue weighted by molar-refractivity contribution is 7.90. The van der Waals surface area contributed by atoms with Crippen molar-refractivity contribution in [3.8, 4) is 5.88 Å². The van der Waals surface area contributed by atoms with E-state index in [-0.39, 0.29) is 47.8 Å². The molecule has 12 nitrogen and oxygen atoms in total. The van der Waals surface area contributed by atoms with Gasteiger partial charge in [-0.3, -0.25) is 0 Å². The molecule has 2 atom stereocenters. The molecule has 15 heteroatoms. The first-order valence-electron chi connectivity index (χ1n) is 11.6. The van der Waals surface area contributed by atoms with Crippen LogP contribution in [0.15, 0.2) is 23.2 Å². The van der Waals surface area contributed by atoms with Gasteiger partial charge in [-0.1, -0.05) is 0 Å². The van der Waals surface area contributed by atoms with Crippen molar-refractivity contribution in [3.63, 3.8) is 0 Å². The molecule has 2 aliphatic heterocycles. The monoisotopic (exact) mass is 553 g/mol. The number of nitrogens with zero attached hydrogens (tertiary/aromatic N) is 5. The van der Waals surface area contributed by atoms with Crippen LogP contribution in [0.2, 0.25) is 0 Å². The van der Waals surface area contributed by atoms with E-state index in [4.69, 9.17) is 15.2 Å². The van der Waals surface area contributed by atoms with E-state index in [2.05, 4.69) is 20.3 Å². The molecule has 1 aromatic carbocycles. The van der Waals surface area contributed by atoms with Crippen LogP contribution in [0.1, 0.15) is 32.0 Å². The zero-order valence-electron chi connectivity index (χ0n) is 21.7. The maximum Gasteiger partial charge on any atom is 0.437 e. The number of sulfonamides is 1. The summed E-state index contributed by atoms with van der Waals surface area (Å²) in [6.45, 7) is 5.90. The lowest BCUT2D eigenvalue weighted by atomic mass is 9.87. The van der Waals surface area contributed by atoms with Crippen LogP contribution in [0.5, 0.6) is 5.88 Å². The number of anilines is 2. The number of guanidine groups is 1. The molecular weight excluding hydrogens is 524 g/mol. The Hall–Kier alpha value is -3.75. The summed E-state index contributed by atoms with van der Waals surface area (Å²) in [5.74, 6) is -2.21. The Balaban J connectivity index is 1.90. The number of fused-ring (bicyclic) bond motifs is 1. The van der Waals surface area contributed by atoms with Crippen LogP contribution >= 0.6 is 0 Å². The molecule has 0 bridgehead atoms. The van der Waals surface area contributed by atoms with Crippen LogP contribution in [0.3, 0.4) is 0 Å². The van der Waals surface area contributed by atoms with E-state index in [0.717, 1.165) is 10.4 Å². The zero-order chi connectivity index (χ0) is 28.2. The number of hydrogen-bond donors (Lipinski definition) is 2. The molecule has 1 aromatic heterocycles. The predicted octanol–water partition coefficient (Wildman–Crippen LogP) is 1.89. The number of nitrogens with one attached hydrogen (secondary N) is 1. The molecule has 2 unspecified atom stereocenters. The third-order valence-corrected chi connectivity index (χ3v) is 8.47. The van der Waals surface area contributed by atoms with E-state index in [1.165, 1.54) is 38.1 Å². The van der Waals surface area contributed by atoms with Crippen molar-refractivity contribution >= 4 is 33.7 Å². The van der Waals surface area contributed by atoms with Crippen molar-refractivity contribution in [1.82, 2.24) is 19.6 Å². The lowest BCUT2D eigenvalue weighted by Crippen LogP contribution is -2.67. The number of halogens is 2. The van der Waals surface area contributed by atoms with Gasteiger partial charge in [-0.15, -0.1) is 4.99 Å². The SMILES string of the molecule is COc1nc(N2CC3C(c4cc(N)ccc4F)(C2)N/C(=N\C(=O)OC(C)(C)C)N(C)S3(=O)=O)nc(C)c1F. The number of carbonyl (C=O) groups excluding carboxylic acids is 1. The highest BCUT2D eigenvalue weighted by atomic mass is 32.2. The summed E-state index contributed by atoms with van der Waals surface area (Å²) >= 11 is 0. The summed E-state index contributed by atoms with van der Waals surface area (Å²) in [6, 6.07) is 3.79. The molecule has 38 heavy (non-hydrogen) atoms. The number of hydrogen-bond acceptors (Lipinski definition) is 9.